The highest BCUT2D eigenvalue weighted by molar-refractivity contribution is 5.69. The molecule has 0 spiro atoms. The Morgan fingerprint density at radius 3 is 1.84 bits per heavy atom. The van der Waals surface area contributed by atoms with Crippen LogP contribution in [0.5, 0.6) is 0 Å². The first-order valence-corrected chi connectivity index (χ1v) is 12.2. The molecule has 3 rings (SSSR count). The lowest BCUT2D eigenvalue weighted by Crippen LogP contribution is -2.18. The van der Waals surface area contributed by atoms with E-state index in [0.29, 0.717) is 6.42 Å². The summed E-state index contributed by atoms with van der Waals surface area (Å²) in [5.41, 5.74) is 6.02. The van der Waals surface area contributed by atoms with Crippen LogP contribution in [0, 0.1) is 0 Å². The molecule has 166 valence electrons. The second-order valence-electron chi connectivity index (χ2n) is 8.84. The van der Waals surface area contributed by atoms with E-state index in [0.717, 1.165) is 44.9 Å². The molecule has 2 nitrogen and oxygen atoms in total. The van der Waals surface area contributed by atoms with Crippen LogP contribution in [-0.2, 0) is 22.4 Å². The maximum Gasteiger partial charge on any atom is 0.305 e. The van der Waals surface area contributed by atoms with Gasteiger partial charge in [-0.25, -0.2) is 0 Å². The predicted molar refractivity (Wildman–Crippen MR) is 129 cm³/mol. The van der Waals surface area contributed by atoms with E-state index in [4.69, 9.17) is 4.74 Å². The standard InChI is InChI=1S/C29H38O2/c1-2-29(30)31-28-20-12-4-3-11-18-26(22-24-14-7-5-8-15-24)27(19-13-21-28)23-25-16-9-6-10-17-25/h5-10,14-17,28H,2-4,11-13,18-23H2,1H3. The zero-order chi connectivity index (χ0) is 21.7. The van der Waals surface area contributed by atoms with Gasteiger partial charge in [0.1, 0.15) is 6.10 Å². The van der Waals surface area contributed by atoms with Crippen molar-refractivity contribution < 1.29 is 9.53 Å². The molecule has 0 fully saturated rings. The second-order valence-corrected chi connectivity index (χ2v) is 8.84. The van der Waals surface area contributed by atoms with Crippen LogP contribution in [0.1, 0.15) is 82.3 Å². The Kier molecular flexibility index (Phi) is 9.89. The minimum Gasteiger partial charge on any atom is -0.462 e. The summed E-state index contributed by atoms with van der Waals surface area (Å²) < 4.78 is 5.77. The number of allylic oxidation sites excluding steroid dienone is 2. The molecule has 1 aliphatic rings. The van der Waals surface area contributed by atoms with Crippen LogP contribution in [0.15, 0.2) is 71.8 Å². The molecule has 2 heteroatoms. The molecule has 0 saturated heterocycles. The van der Waals surface area contributed by atoms with Gasteiger partial charge in [-0.1, -0.05) is 91.6 Å². The average molecular weight is 419 g/mol. The number of carbonyl (C=O) groups excluding carboxylic acids is 1. The minimum atomic E-state index is -0.0538. The van der Waals surface area contributed by atoms with E-state index in [1.165, 1.54) is 36.8 Å². The third-order valence-electron chi connectivity index (χ3n) is 6.37. The van der Waals surface area contributed by atoms with E-state index < -0.39 is 0 Å². The van der Waals surface area contributed by atoms with Crippen LogP contribution in [0.3, 0.4) is 0 Å². The molecule has 1 atom stereocenters. The van der Waals surface area contributed by atoms with Crippen molar-refractivity contribution in [2.45, 2.75) is 90.1 Å². The Balaban J connectivity index is 1.81. The van der Waals surface area contributed by atoms with Crippen LogP contribution in [0.4, 0.5) is 0 Å². The SMILES string of the molecule is CCC(=O)OC1CCCCCCC(Cc2ccccc2)=C(Cc2ccccc2)CCC1. The molecule has 0 N–H and O–H groups in total. The molecule has 1 unspecified atom stereocenters. The Hall–Kier alpha value is -2.35. The van der Waals surface area contributed by atoms with Gasteiger partial charge in [-0.3, -0.25) is 4.79 Å². The molecular formula is C29H38O2. The van der Waals surface area contributed by atoms with Gasteiger partial charge >= 0.3 is 5.97 Å². The number of hydrogen-bond acceptors (Lipinski definition) is 2. The summed E-state index contributed by atoms with van der Waals surface area (Å²) >= 11 is 0. The summed E-state index contributed by atoms with van der Waals surface area (Å²) in [5.74, 6) is -0.0538. The highest BCUT2D eigenvalue weighted by Gasteiger charge is 2.16. The molecule has 0 saturated carbocycles. The number of hydrogen-bond donors (Lipinski definition) is 0. The number of ether oxygens (including phenoxy) is 1. The van der Waals surface area contributed by atoms with Crippen LogP contribution >= 0.6 is 0 Å². The van der Waals surface area contributed by atoms with Gasteiger partial charge in [-0.05, 0) is 68.9 Å². The van der Waals surface area contributed by atoms with Crippen molar-refractivity contribution in [3.8, 4) is 0 Å². The summed E-state index contributed by atoms with van der Waals surface area (Å²) in [7, 11) is 0. The van der Waals surface area contributed by atoms with Crippen molar-refractivity contribution in [3.05, 3.63) is 82.9 Å². The van der Waals surface area contributed by atoms with Gasteiger partial charge in [0.25, 0.3) is 0 Å². The van der Waals surface area contributed by atoms with Gasteiger partial charge in [0.15, 0.2) is 0 Å². The zero-order valence-electron chi connectivity index (χ0n) is 19.2. The molecule has 0 aliphatic heterocycles. The lowest BCUT2D eigenvalue weighted by molar-refractivity contribution is -0.149. The number of carbonyl (C=O) groups is 1. The summed E-state index contributed by atoms with van der Waals surface area (Å²) in [6, 6.07) is 21.8. The Morgan fingerprint density at radius 1 is 0.742 bits per heavy atom. The first-order valence-electron chi connectivity index (χ1n) is 12.2. The number of rotatable bonds is 6. The van der Waals surface area contributed by atoms with Gasteiger partial charge in [0.05, 0.1) is 0 Å². The number of benzene rings is 2. The van der Waals surface area contributed by atoms with Crippen LogP contribution in [0.25, 0.3) is 0 Å². The average Bonchev–Trinajstić information content (AvgIpc) is 2.80. The summed E-state index contributed by atoms with van der Waals surface area (Å²) in [6.45, 7) is 1.88. The van der Waals surface area contributed by atoms with E-state index >= 15 is 0 Å². The molecule has 0 amide bonds. The Morgan fingerprint density at radius 2 is 1.26 bits per heavy atom. The van der Waals surface area contributed by atoms with Crippen molar-refractivity contribution in [1.82, 2.24) is 0 Å². The fourth-order valence-electron chi connectivity index (χ4n) is 4.60. The lowest BCUT2D eigenvalue weighted by atomic mass is 9.87. The largest absolute Gasteiger partial charge is 0.462 e. The van der Waals surface area contributed by atoms with Crippen molar-refractivity contribution in [3.63, 3.8) is 0 Å². The van der Waals surface area contributed by atoms with Crippen molar-refractivity contribution in [1.29, 1.82) is 0 Å². The molecule has 2 aromatic carbocycles. The summed E-state index contributed by atoms with van der Waals surface area (Å²) in [5, 5.41) is 0. The third kappa shape index (κ3) is 8.36. The molecule has 0 heterocycles. The van der Waals surface area contributed by atoms with Crippen molar-refractivity contribution in [2.75, 3.05) is 0 Å². The molecule has 0 aromatic heterocycles. The van der Waals surface area contributed by atoms with E-state index in [-0.39, 0.29) is 12.1 Å². The number of esters is 1. The normalized spacial score (nSPS) is 18.7. The molecule has 0 bridgehead atoms. The van der Waals surface area contributed by atoms with E-state index in [9.17, 15) is 4.79 Å². The summed E-state index contributed by atoms with van der Waals surface area (Å²) in [6.07, 6.45) is 12.9. The molecular weight excluding hydrogens is 380 g/mol. The van der Waals surface area contributed by atoms with E-state index in [2.05, 4.69) is 60.7 Å². The first kappa shape index (κ1) is 23.3. The highest BCUT2D eigenvalue weighted by Crippen LogP contribution is 2.28. The second kappa shape index (κ2) is 13.1. The fraction of sp³-hybridized carbons (Fsp3) is 0.483. The first-order chi connectivity index (χ1) is 15.2. The topological polar surface area (TPSA) is 26.3 Å². The van der Waals surface area contributed by atoms with Crippen LogP contribution in [0.2, 0.25) is 0 Å². The third-order valence-corrected chi connectivity index (χ3v) is 6.37. The quantitative estimate of drug-likeness (QED) is 0.356. The van der Waals surface area contributed by atoms with Crippen molar-refractivity contribution in [2.24, 2.45) is 0 Å². The lowest BCUT2D eigenvalue weighted by Gasteiger charge is -2.21. The Labute approximate surface area is 188 Å². The Bertz CT molecular complexity index is 807. The van der Waals surface area contributed by atoms with E-state index in [1.54, 1.807) is 11.1 Å². The van der Waals surface area contributed by atoms with Gasteiger partial charge in [-0.15, -0.1) is 0 Å². The van der Waals surface area contributed by atoms with E-state index in [1.807, 2.05) is 6.92 Å². The van der Waals surface area contributed by atoms with Gasteiger partial charge in [-0.2, -0.15) is 0 Å². The molecule has 31 heavy (non-hydrogen) atoms. The zero-order valence-corrected chi connectivity index (χ0v) is 19.2. The monoisotopic (exact) mass is 418 g/mol. The molecule has 1 aliphatic carbocycles. The van der Waals surface area contributed by atoms with Crippen LogP contribution in [-0.4, -0.2) is 12.1 Å². The minimum absolute atomic E-state index is 0.0538. The fourth-order valence-corrected chi connectivity index (χ4v) is 4.60. The molecule has 2 aromatic rings. The molecule has 0 radical (unpaired) electrons. The van der Waals surface area contributed by atoms with Crippen LogP contribution < -0.4 is 0 Å². The van der Waals surface area contributed by atoms with Gasteiger partial charge in [0, 0.05) is 6.42 Å². The van der Waals surface area contributed by atoms with Crippen molar-refractivity contribution >= 4 is 5.97 Å². The smallest absolute Gasteiger partial charge is 0.305 e. The maximum absolute atomic E-state index is 11.9. The van der Waals surface area contributed by atoms with Gasteiger partial charge < -0.3 is 4.74 Å². The highest BCUT2D eigenvalue weighted by atomic mass is 16.5. The summed E-state index contributed by atoms with van der Waals surface area (Å²) in [4.78, 5) is 11.9. The maximum atomic E-state index is 11.9. The predicted octanol–water partition coefficient (Wildman–Crippen LogP) is 7.61. The van der Waals surface area contributed by atoms with Gasteiger partial charge in [0.2, 0.25) is 0 Å².